The molecule has 33 heavy (non-hydrogen) atoms. The van der Waals surface area contributed by atoms with E-state index in [1.807, 2.05) is 38.1 Å². The number of hydrogen-bond acceptors (Lipinski definition) is 8. The summed E-state index contributed by atoms with van der Waals surface area (Å²) in [5.41, 5.74) is 12.6. The Balaban J connectivity index is 1.89. The highest BCUT2D eigenvalue weighted by molar-refractivity contribution is 5.99. The van der Waals surface area contributed by atoms with Gasteiger partial charge in [0.15, 0.2) is 11.6 Å². The number of benzene rings is 1. The van der Waals surface area contributed by atoms with E-state index >= 15 is 0 Å². The molecule has 0 aliphatic heterocycles. The summed E-state index contributed by atoms with van der Waals surface area (Å²) in [7, 11) is 1.61. The maximum Gasteiger partial charge on any atom is 0.252 e. The van der Waals surface area contributed by atoms with Crippen LogP contribution in [-0.2, 0) is 4.74 Å². The fourth-order valence-electron chi connectivity index (χ4n) is 3.29. The van der Waals surface area contributed by atoms with Gasteiger partial charge in [-0.25, -0.2) is 9.37 Å². The van der Waals surface area contributed by atoms with Crippen LogP contribution in [0.1, 0.15) is 30.6 Å². The van der Waals surface area contributed by atoms with Crippen LogP contribution in [0.4, 0.5) is 21.7 Å². The number of pyridine rings is 2. The number of fused-ring (bicyclic) bond motifs is 1. The smallest absolute Gasteiger partial charge is 0.252 e. The van der Waals surface area contributed by atoms with E-state index in [1.54, 1.807) is 13.3 Å². The molecule has 3 aromatic rings. The van der Waals surface area contributed by atoms with Crippen molar-refractivity contribution in [3.8, 4) is 5.75 Å². The third-order valence-electron chi connectivity index (χ3n) is 5.11. The molecule has 0 bridgehead atoms. The van der Waals surface area contributed by atoms with E-state index in [1.165, 1.54) is 0 Å². The second-order valence-corrected chi connectivity index (χ2v) is 7.64. The largest absolute Gasteiger partial charge is 0.491 e. The topological polar surface area (TPSA) is 137 Å². The molecular formula is C23H29FN6O3. The SMILES string of the molecule is CC[C@@H](Nc1nc(Nc2cnc3cc(OCCOC)ccc3c2)c(C(N)=O)cc1F)[C@H](C)N. The molecule has 0 saturated carbocycles. The first-order valence-corrected chi connectivity index (χ1v) is 10.6. The maximum atomic E-state index is 14.6. The number of aromatic nitrogens is 2. The molecule has 0 spiro atoms. The van der Waals surface area contributed by atoms with E-state index < -0.39 is 11.7 Å². The van der Waals surface area contributed by atoms with E-state index in [9.17, 15) is 9.18 Å². The van der Waals surface area contributed by atoms with Gasteiger partial charge in [-0.3, -0.25) is 9.78 Å². The first-order chi connectivity index (χ1) is 15.8. The number of rotatable bonds is 11. The fourth-order valence-corrected chi connectivity index (χ4v) is 3.29. The van der Waals surface area contributed by atoms with Gasteiger partial charge in [-0.05, 0) is 37.6 Å². The highest BCUT2D eigenvalue weighted by atomic mass is 19.1. The third kappa shape index (κ3) is 6.05. The predicted molar refractivity (Wildman–Crippen MR) is 126 cm³/mol. The minimum Gasteiger partial charge on any atom is -0.491 e. The summed E-state index contributed by atoms with van der Waals surface area (Å²) in [5, 5.41) is 6.87. The van der Waals surface area contributed by atoms with Gasteiger partial charge < -0.3 is 31.6 Å². The second kappa shape index (κ2) is 10.9. The molecule has 10 heteroatoms. The summed E-state index contributed by atoms with van der Waals surface area (Å²) in [6.45, 7) is 4.68. The van der Waals surface area contributed by atoms with Gasteiger partial charge in [0.25, 0.3) is 5.91 Å². The molecule has 2 heterocycles. The monoisotopic (exact) mass is 456 g/mol. The number of nitrogens with one attached hydrogen (secondary N) is 2. The molecule has 6 N–H and O–H groups in total. The number of nitrogens with two attached hydrogens (primary N) is 2. The molecule has 1 amide bonds. The fraction of sp³-hybridized carbons (Fsp3) is 0.348. The Labute approximate surface area is 191 Å². The Hall–Kier alpha value is -3.50. The summed E-state index contributed by atoms with van der Waals surface area (Å²) in [6, 6.07) is 7.99. The van der Waals surface area contributed by atoms with Crippen molar-refractivity contribution >= 4 is 34.1 Å². The minimum atomic E-state index is -0.804. The van der Waals surface area contributed by atoms with Gasteiger partial charge in [0.05, 0.1) is 29.6 Å². The normalized spacial score (nSPS) is 12.9. The maximum absolute atomic E-state index is 14.6. The van der Waals surface area contributed by atoms with E-state index in [0.717, 1.165) is 17.0 Å². The zero-order chi connectivity index (χ0) is 24.0. The number of anilines is 3. The van der Waals surface area contributed by atoms with Crippen molar-refractivity contribution in [2.75, 3.05) is 31.0 Å². The zero-order valence-corrected chi connectivity index (χ0v) is 18.9. The molecule has 2 atom stereocenters. The number of ether oxygens (including phenoxy) is 2. The number of primary amides is 1. The van der Waals surface area contributed by atoms with Gasteiger partial charge in [-0.2, -0.15) is 0 Å². The zero-order valence-electron chi connectivity index (χ0n) is 18.9. The number of amides is 1. The van der Waals surface area contributed by atoms with E-state index in [-0.39, 0.29) is 29.3 Å². The lowest BCUT2D eigenvalue weighted by atomic mass is 10.1. The van der Waals surface area contributed by atoms with Crippen molar-refractivity contribution in [1.29, 1.82) is 0 Å². The van der Waals surface area contributed by atoms with Gasteiger partial charge in [0.2, 0.25) is 0 Å². The Morgan fingerprint density at radius 1 is 1.21 bits per heavy atom. The van der Waals surface area contributed by atoms with Crippen LogP contribution in [0, 0.1) is 5.82 Å². The predicted octanol–water partition coefficient (Wildman–Crippen LogP) is 3.17. The van der Waals surface area contributed by atoms with Crippen molar-refractivity contribution in [3.05, 3.63) is 47.9 Å². The summed E-state index contributed by atoms with van der Waals surface area (Å²) in [5.74, 6) is -0.712. The molecule has 3 rings (SSSR count). The molecule has 0 aliphatic rings. The Morgan fingerprint density at radius 3 is 2.67 bits per heavy atom. The number of nitrogens with zero attached hydrogens (tertiary/aromatic N) is 2. The molecule has 0 radical (unpaired) electrons. The minimum absolute atomic E-state index is 0.0155. The quantitative estimate of drug-likeness (QED) is 0.323. The van der Waals surface area contributed by atoms with Gasteiger partial charge in [-0.1, -0.05) is 6.92 Å². The van der Waals surface area contributed by atoms with Gasteiger partial charge in [0, 0.05) is 30.6 Å². The lowest BCUT2D eigenvalue weighted by molar-refractivity contribution is 0.100. The van der Waals surface area contributed by atoms with Crippen LogP contribution in [0.2, 0.25) is 0 Å². The summed E-state index contributed by atoms with van der Waals surface area (Å²) in [6.07, 6.45) is 2.26. The average Bonchev–Trinajstić information content (AvgIpc) is 2.78. The summed E-state index contributed by atoms with van der Waals surface area (Å²) in [4.78, 5) is 20.6. The Morgan fingerprint density at radius 2 is 2.00 bits per heavy atom. The van der Waals surface area contributed by atoms with Crippen LogP contribution in [0.15, 0.2) is 36.5 Å². The van der Waals surface area contributed by atoms with Crippen LogP contribution in [0.25, 0.3) is 10.9 Å². The second-order valence-electron chi connectivity index (χ2n) is 7.64. The highest BCUT2D eigenvalue weighted by Gasteiger charge is 2.19. The number of carbonyl (C=O) groups excluding carboxylic acids is 1. The molecule has 1 aromatic carbocycles. The van der Waals surface area contributed by atoms with Crippen molar-refractivity contribution in [3.63, 3.8) is 0 Å². The average molecular weight is 457 g/mol. The number of halogens is 1. The first-order valence-electron chi connectivity index (χ1n) is 10.6. The van der Waals surface area contributed by atoms with Gasteiger partial charge in [0.1, 0.15) is 18.2 Å². The van der Waals surface area contributed by atoms with Crippen LogP contribution in [-0.4, -0.2) is 48.3 Å². The summed E-state index contributed by atoms with van der Waals surface area (Å²) < 4.78 is 25.2. The third-order valence-corrected chi connectivity index (χ3v) is 5.11. The highest BCUT2D eigenvalue weighted by Crippen LogP contribution is 2.27. The standard InChI is InChI=1S/C23H29FN6O3/c1-4-19(13(2)25)29-23-18(24)11-17(21(26)31)22(30-23)28-15-9-14-5-6-16(33-8-7-32-3)10-20(14)27-12-15/h5-6,9-13,19H,4,7-8,25H2,1-3H3,(H2,26,31)(H2,28,29,30)/t13-,19+/m0/s1. The van der Waals surface area contributed by atoms with Crippen LogP contribution < -0.4 is 26.8 Å². The van der Waals surface area contributed by atoms with Crippen LogP contribution in [0.3, 0.4) is 0 Å². The lowest BCUT2D eigenvalue weighted by Gasteiger charge is -2.22. The van der Waals surface area contributed by atoms with Gasteiger partial charge in [-0.15, -0.1) is 0 Å². The van der Waals surface area contributed by atoms with E-state index in [4.69, 9.17) is 20.9 Å². The van der Waals surface area contributed by atoms with Crippen LogP contribution in [0.5, 0.6) is 5.75 Å². The molecule has 0 aliphatic carbocycles. The first kappa shape index (κ1) is 24.1. The van der Waals surface area contributed by atoms with Crippen LogP contribution >= 0.6 is 0 Å². The number of carbonyl (C=O) groups is 1. The van der Waals surface area contributed by atoms with Gasteiger partial charge >= 0.3 is 0 Å². The Bertz CT molecular complexity index is 1120. The molecule has 0 saturated heterocycles. The number of hydrogen-bond donors (Lipinski definition) is 4. The lowest BCUT2D eigenvalue weighted by Crippen LogP contribution is -2.38. The van der Waals surface area contributed by atoms with Crippen molar-refractivity contribution in [2.24, 2.45) is 11.5 Å². The Kier molecular flexibility index (Phi) is 7.96. The number of methoxy groups -OCH3 is 1. The molecule has 0 fully saturated rings. The van der Waals surface area contributed by atoms with Crippen molar-refractivity contribution in [2.45, 2.75) is 32.4 Å². The molecule has 9 nitrogen and oxygen atoms in total. The van der Waals surface area contributed by atoms with E-state index in [0.29, 0.717) is 31.1 Å². The molecule has 0 unspecified atom stereocenters. The molecule has 2 aromatic heterocycles. The van der Waals surface area contributed by atoms with Crippen molar-refractivity contribution < 1.29 is 18.7 Å². The van der Waals surface area contributed by atoms with Crippen molar-refractivity contribution in [1.82, 2.24) is 9.97 Å². The molecular weight excluding hydrogens is 427 g/mol. The molecule has 176 valence electrons. The summed E-state index contributed by atoms with van der Waals surface area (Å²) >= 11 is 0. The van der Waals surface area contributed by atoms with E-state index in [2.05, 4.69) is 20.6 Å².